The molecule has 0 saturated carbocycles. The third kappa shape index (κ3) is 4.08. The highest BCUT2D eigenvalue weighted by Gasteiger charge is 2.24. The van der Waals surface area contributed by atoms with Crippen molar-refractivity contribution in [2.75, 3.05) is 39.3 Å². The monoisotopic (exact) mass is 279 g/mol. The molecule has 1 N–H and O–H groups in total. The van der Waals surface area contributed by atoms with E-state index in [0.717, 1.165) is 51.6 Å². The van der Waals surface area contributed by atoms with Gasteiger partial charge in [0, 0.05) is 38.6 Å². The first-order valence-electron chi connectivity index (χ1n) is 7.45. The molecule has 20 heavy (non-hydrogen) atoms. The van der Waals surface area contributed by atoms with Crippen LogP contribution in [-0.4, -0.2) is 55.0 Å². The Hall–Kier alpha value is -1.33. The molecule has 0 radical (unpaired) electrons. The summed E-state index contributed by atoms with van der Waals surface area (Å²) >= 11 is 0. The number of carbonyl (C=O) groups excluding carboxylic acids is 1. The molecule has 0 aromatic carbocycles. The summed E-state index contributed by atoms with van der Waals surface area (Å²) in [4.78, 5) is 16.6. The fraction of sp³-hybridized carbons (Fsp3) is 0.667. The number of hydrogen-bond acceptors (Lipinski definition) is 4. The average Bonchev–Trinajstić information content (AvgIpc) is 2.97. The second kappa shape index (κ2) is 7.45. The SMILES string of the molecule is CCNCC(C)C(=O)N1CCN(Cc2ccco2)CC1. The number of nitrogens with one attached hydrogen (secondary N) is 1. The van der Waals surface area contributed by atoms with E-state index in [-0.39, 0.29) is 11.8 Å². The van der Waals surface area contributed by atoms with Crippen LogP contribution in [0.2, 0.25) is 0 Å². The normalized spacial score (nSPS) is 18.2. The quantitative estimate of drug-likeness (QED) is 0.849. The Kier molecular flexibility index (Phi) is 5.61. The van der Waals surface area contributed by atoms with Gasteiger partial charge in [0.15, 0.2) is 0 Å². The average molecular weight is 279 g/mol. The first-order chi connectivity index (χ1) is 9.70. The molecule has 1 fully saturated rings. The number of rotatable bonds is 6. The number of amides is 1. The summed E-state index contributed by atoms with van der Waals surface area (Å²) in [6.45, 7) is 10.0. The van der Waals surface area contributed by atoms with Gasteiger partial charge >= 0.3 is 0 Å². The van der Waals surface area contributed by atoms with Gasteiger partial charge in [0.2, 0.25) is 5.91 Å². The van der Waals surface area contributed by atoms with E-state index in [1.54, 1.807) is 6.26 Å². The number of hydrogen-bond donors (Lipinski definition) is 1. The summed E-state index contributed by atoms with van der Waals surface area (Å²) in [6.07, 6.45) is 1.71. The van der Waals surface area contributed by atoms with Crippen molar-refractivity contribution in [3.8, 4) is 0 Å². The van der Waals surface area contributed by atoms with Gasteiger partial charge in [0.1, 0.15) is 5.76 Å². The largest absolute Gasteiger partial charge is 0.468 e. The first-order valence-corrected chi connectivity index (χ1v) is 7.45. The van der Waals surface area contributed by atoms with Gasteiger partial charge in [-0.2, -0.15) is 0 Å². The summed E-state index contributed by atoms with van der Waals surface area (Å²) in [5.74, 6) is 1.32. The zero-order valence-corrected chi connectivity index (χ0v) is 12.5. The van der Waals surface area contributed by atoms with Crippen LogP contribution in [0.15, 0.2) is 22.8 Å². The predicted octanol–water partition coefficient (Wildman–Crippen LogP) is 1.17. The zero-order chi connectivity index (χ0) is 14.4. The molecule has 1 aliphatic rings. The molecule has 1 aromatic heterocycles. The minimum absolute atomic E-state index is 0.0616. The number of piperazine rings is 1. The van der Waals surface area contributed by atoms with E-state index >= 15 is 0 Å². The molecule has 0 aliphatic carbocycles. The maximum absolute atomic E-state index is 12.3. The third-order valence-corrected chi connectivity index (χ3v) is 3.77. The van der Waals surface area contributed by atoms with Crippen molar-refractivity contribution in [2.24, 2.45) is 5.92 Å². The van der Waals surface area contributed by atoms with Gasteiger partial charge < -0.3 is 14.6 Å². The summed E-state index contributed by atoms with van der Waals surface area (Å²) < 4.78 is 5.36. The fourth-order valence-electron chi connectivity index (χ4n) is 2.51. The molecule has 5 nitrogen and oxygen atoms in total. The number of nitrogens with zero attached hydrogens (tertiary/aromatic N) is 2. The standard InChI is InChI=1S/C15H25N3O2/c1-3-16-11-13(2)15(19)18-8-6-17(7-9-18)12-14-5-4-10-20-14/h4-5,10,13,16H,3,6-9,11-12H2,1-2H3. The lowest BCUT2D eigenvalue weighted by atomic mass is 10.1. The highest BCUT2D eigenvalue weighted by Crippen LogP contribution is 2.11. The van der Waals surface area contributed by atoms with Crippen molar-refractivity contribution in [1.29, 1.82) is 0 Å². The maximum Gasteiger partial charge on any atom is 0.226 e. The molecule has 1 saturated heterocycles. The molecule has 0 bridgehead atoms. The van der Waals surface area contributed by atoms with E-state index in [0.29, 0.717) is 0 Å². The van der Waals surface area contributed by atoms with Crippen LogP contribution >= 0.6 is 0 Å². The van der Waals surface area contributed by atoms with Crippen LogP contribution in [0.4, 0.5) is 0 Å². The van der Waals surface area contributed by atoms with Crippen molar-refractivity contribution in [2.45, 2.75) is 20.4 Å². The van der Waals surface area contributed by atoms with Crippen molar-refractivity contribution in [3.05, 3.63) is 24.2 Å². The zero-order valence-electron chi connectivity index (χ0n) is 12.5. The molecule has 5 heteroatoms. The van der Waals surface area contributed by atoms with Gasteiger partial charge in [-0.3, -0.25) is 9.69 Å². The van der Waals surface area contributed by atoms with Crippen LogP contribution in [0.3, 0.4) is 0 Å². The van der Waals surface area contributed by atoms with E-state index in [1.165, 1.54) is 0 Å². The van der Waals surface area contributed by atoms with Gasteiger partial charge in [0.05, 0.1) is 12.8 Å². The highest BCUT2D eigenvalue weighted by molar-refractivity contribution is 5.78. The van der Waals surface area contributed by atoms with Crippen LogP contribution in [-0.2, 0) is 11.3 Å². The Bertz CT molecular complexity index is 397. The Morgan fingerprint density at radius 3 is 2.75 bits per heavy atom. The van der Waals surface area contributed by atoms with Crippen LogP contribution in [0.1, 0.15) is 19.6 Å². The first kappa shape index (κ1) is 15.1. The highest BCUT2D eigenvalue weighted by atomic mass is 16.3. The molecule has 1 atom stereocenters. The van der Waals surface area contributed by atoms with Crippen LogP contribution in [0, 0.1) is 5.92 Å². The Labute approximate surface area is 120 Å². The minimum Gasteiger partial charge on any atom is -0.468 e. The van der Waals surface area contributed by atoms with Crippen molar-refractivity contribution >= 4 is 5.91 Å². The van der Waals surface area contributed by atoms with E-state index in [9.17, 15) is 4.79 Å². The Balaban J connectivity index is 1.74. The van der Waals surface area contributed by atoms with Gasteiger partial charge in [-0.25, -0.2) is 0 Å². The van der Waals surface area contributed by atoms with E-state index in [1.807, 2.05) is 24.0 Å². The maximum atomic E-state index is 12.3. The van der Waals surface area contributed by atoms with Crippen LogP contribution in [0.25, 0.3) is 0 Å². The fourth-order valence-corrected chi connectivity index (χ4v) is 2.51. The number of carbonyl (C=O) groups is 1. The molecule has 1 amide bonds. The molecule has 1 aliphatic heterocycles. The van der Waals surface area contributed by atoms with Gasteiger partial charge in [0.25, 0.3) is 0 Å². The molecule has 2 rings (SSSR count). The van der Waals surface area contributed by atoms with Crippen LogP contribution < -0.4 is 5.32 Å². The lowest BCUT2D eigenvalue weighted by Gasteiger charge is -2.35. The van der Waals surface area contributed by atoms with Gasteiger partial charge in [-0.15, -0.1) is 0 Å². The van der Waals surface area contributed by atoms with Crippen LogP contribution in [0.5, 0.6) is 0 Å². The summed E-state index contributed by atoms with van der Waals surface area (Å²) in [5.41, 5.74) is 0. The van der Waals surface area contributed by atoms with Crippen molar-refractivity contribution < 1.29 is 9.21 Å². The molecule has 0 spiro atoms. The van der Waals surface area contributed by atoms with Crippen molar-refractivity contribution in [3.63, 3.8) is 0 Å². The molecule has 1 unspecified atom stereocenters. The Morgan fingerprint density at radius 2 is 2.15 bits per heavy atom. The number of furan rings is 1. The second-order valence-corrected chi connectivity index (χ2v) is 5.39. The lowest BCUT2D eigenvalue weighted by molar-refractivity contribution is -0.136. The molecular weight excluding hydrogens is 254 g/mol. The Morgan fingerprint density at radius 1 is 1.40 bits per heavy atom. The van der Waals surface area contributed by atoms with Gasteiger partial charge in [-0.05, 0) is 18.7 Å². The molecule has 2 heterocycles. The van der Waals surface area contributed by atoms with E-state index in [4.69, 9.17) is 4.42 Å². The lowest BCUT2D eigenvalue weighted by Crippen LogP contribution is -2.50. The van der Waals surface area contributed by atoms with Gasteiger partial charge in [-0.1, -0.05) is 13.8 Å². The topological polar surface area (TPSA) is 48.7 Å². The molecule has 1 aromatic rings. The summed E-state index contributed by atoms with van der Waals surface area (Å²) in [7, 11) is 0. The summed E-state index contributed by atoms with van der Waals surface area (Å²) in [5, 5.41) is 3.24. The van der Waals surface area contributed by atoms with E-state index < -0.39 is 0 Å². The third-order valence-electron chi connectivity index (χ3n) is 3.77. The second-order valence-electron chi connectivity index (χ2n) is 5.39. The van der Waals surface area contributed by atoms with E-state index in [2.05, 4.69) is 17.1 Å². The predicted molar refractivity (Wildman–Crippen MR) is 78.3 cm³/mol. The molecular formula is C15H25N3O2. The smallest absolute Gasteiger partial charge is 0.226 e. The molecule has 112 valence electrons. The summed E-state index contributed by atoms with van der Waals surface area (Å²) in [6, 6.07) is 3.91. The van der Waals surface area contributed by atoms with Crippen molar-refractivity contribution in [1.82, 2.24) is 15.1 Å². The minimum atomic E-state index is 0.0616.